The highest BCUT2D eigenvalue weighted by Gasteiger charge is 2.36. The Morgan fingerprint density at radius 1 is 1.03 bits per heavy atom. The molecule has 0 saturated carbocycles. The van der Waals surface area contributed by atoms with Gasteiger partial charge in [0.15, 0.2) is 0 Å². The molecule has 186 valence electrons. The lowest BCUT2D eigenvalue weighted by Crippen LogP contribution is -2.38. The molecule has 1 fully saturated rings. The fourth-order valence-electron chi connectivity index (χ4n) is 4.42. The summed E-state index contributed by atoms with van der Waals surface area (Å²) in [6.07, 6.45) is -3.48. The molecule has 2 aromatic carbocycles. The fourth-order valence-corrected chi connectivity index (χ4v) is 5.39. The number of likely N-dealkylation sites (tertiary alicyclic amines) is 1. The molecule has 0 bridgehead atoms. The first kappa shape index (κ1) is 24.0. The number of hydrogen-bond donors (Lipinski definition) is 1. The Labute approximate surface area is 208 Å². The maximum Gasteiger partial charge on any atom is 0.417 e. The van der Waals surface area contributed by atoms with E-state index < -0.39 is 17.6 Å². The van der Waals surface area contributed by atoms with Crippen LogP contribution in [0.4, 0.5) is 19.1 Å². The van der Waals surface area contributed by atoms with Crippen molar-refractivity contribution in [1.82, 2.24) is 19.4 Å². The average Bonchev–Trinajstić information content (AvgIpc) is 3.49. The van der Waals surface area contributed by atoms with Crippen molar-refractivity contribution < 1.29 is 22.8 Å². The van der Waals surface area contributed by atoms with Gasteiger partial charge in [-0.2, -0.15) is 13.2 Å². The fraction of sp³-hybridized carbons (Fsp3) is 0.280. The van der Waals surface area contributed by atoms with Crippen molar-refractivity contribution in [2.75, 3.05) is 18.4 Å². The van der Waals surface area contributed by atoms with Crippen LogP contribution in [0.3, 0.4) is 0 Å². The quantitative estimate of drug-likeness (QED) is 0.401. The highest BCUT2D eigenvalue weighted by Crippen LogP contribution is 2.34. The lowest BCUT2D eigenvalue weighted by molar-refractivity contribution is -0.138. The normalized spacial score (nSPS) is 14.8. The summed E-state index contributed by atoms with van der Waals surface area (Å²) in [5.41, 5.74) is 0.686. The zero-order valence-corrected chi connectivity index (χ0v) is 20.1. The number of anilines is 1. The van der Waals surface area contributed by atoms with Crippen LogP contribution in [0, 0.1) is 0 Å². The number of rotatable bonds is 4. The van der Waals surface area contributed by atoms with E-state index in [9.17, 15) is 22.8 Å². The van der Waals surface area contributed by atoms with Crippen LogP contribution in [0.5, 0.6) is 0 Å². The highest BCUT2D eigenvalue weighted by atomic mass is 32.1. The minimum absolute atomic E-state index is 0.0224. The van der Waals surface area contributed by atoms with E-state index in [0.29, 0.717) is 31.9 Å². The minimum atomic E-state index is -4.59. The van der Waals surface area contributed by atoms with Crippen LogP contribution in [0.15, 0.2) is 53.9 Å². The Bertz CT molecular complexity index is 1440. The number of aromatic nitrogens is 3. The molecule has 5 rings (SSSR count). The minimum Gasteiger partial charge on any atom is -0.339 e. The smallest absolute Gasteiger partial charge is 0.339 e. The van der Waals surface area contributed by atoms with E-state index in [0.717, 1.165) is 22.1 Å². The molecule has 4 aromatic rings. The maximum atomic E-state index is 13.3. The van der Waals surface area contributed by atoms with Crippen molar-refractivity contribution in [2.45, 2.75) is 24.9 Å². The molecule has 0 radical (unpaired) electrons. The molecule has 1 N–H and O–H groups in total. The molecular weight excluding hydrogens is 491 g/mol. The second kappa shape index (κ2) is 9.38. The van der Waals surface area contributed by atoms with Gasteiger partial charge in [0.1, 0.15) is 5.69 Å². The van der Waals surface area contributed by atoms with Crippen LogP contribution in [0.25, 0.3) is 11.0 Å². The monoisotopic (exact) mass is 513 g/mol. The number of thiazole rings is 1. The molecular formula is C25H22F3N5O2S. The van der Waals surface area contributed by atoms with Gasteiger partial charge < -0.3 is 9.47 Å². The first-order chi connectivity index (χ1) is 17.2. The number of hydrogen-bond acceptors (Lipinski definition) is 5. The van der Waals surface area contributed by atoms with Crippen molar-refractivity contribution in [3.63, 3.8) is 0 Å². The molecule has 0 unspecified atom stereocenters. The largest absolute Gasteiger partial charge is 0.417 e. The number of carbonyl (C=O) groups is 2. The van der Waals surface area contributed by atoms with E-state index in [2.05, 4.69) is 15.3 Å². The van der Waals surface area contributed by atoms with Gasteiger partial charge in [0.25, 0.3) is 11.8 Å². The van der Waals surface area contributed by atoms with Gasteiger partial charge in [-0.3, -0.25) is 14.9 Å². The Hall–Kier alpha value is -3.73. The number of imidazole rings is 1. The van der Waals surface area contributed by atoms with E-state index in [1.54, 1.807) is 9.95 Å². The number of fused-ring (bicyclic) bond motifs is 1. The topological polar surface area (TPSA) is 80.1 Å². The molecule has 0 atom stereocenters. The SMILES string of the molecule is Cn1c(NC(=O)c2csc(C3CCN(C(=O)c4ccccc4C(F)(F)F)CC3)n2)nc2ccccc21. The van der Waals surface area contributed by atoms with Crippen LogP contribution >= 0.6 is 11.3 Å². The van der Waals surface area contributed by atoms with Gasteiger partial charge in [-0.15, -0.1) is 11.3 Å². The van der Waals surface area contributed by atoms with Crippen LogP contribution in [0.2, 0.25) is 0 Å². The average molecular weight is 514 g/mol. The van der Waals surface area contributed by atoms with E-state index >= 15 is 0 Å². The molecule has 7 nitrogen and oxygen atoms in total. The van der Waals surface area contributed by atoms with Crippen molar-refractivity contribution in [3.8, 4) is 0 Å². The molecule has 36 heavy (non-hydrogen) atoms. The third-order valence-electron chi connectivity index (χ3n) is 6.36. The Kier molecular flexibility index (Phi) is 6.25. The summed E-state index contributed by atoms with van der Waals surface area (Å²) in [5.74, 6) is -0.550. The molecule has 2 aromatic heterocycles. The molecule has 1 aliphatic rings. The molecule has 3 heterocycles. The van der Waals surface area contributed by atoms with Crippen LogP contribution in [-0.4, -0.2) is 44.3 Å². The summed E-state index contributed by atoms with van der Waals surface area (Å²) >= 11 is 1.36. The predicted molar refractivity (Wildman–Crippen MR) is 130 cm³/mol. The van der Waals surface area contributed by atoms with Gasteiger partial charge in [-0.25, -0.2) is 9.97 Å². The number of piperidine rings is 1. The van der Waals surface area contributed by atoms with Gasteiger partial charge in [0.05, 0.1) is 27.2 Å². The number of nitrogens with zero attached hydrogens (tertiary/aromatic N) is 4. The molecule has 0 spiro atoms. The summed E-state index contributed by atoms with van der Waals surface area (Å²) in [4.78, 5) is 36.0. The van der Waals surface area contributed by atoms with Gasteiger partial charge >= 0.3 is 6.18 Å². The number of para-hydroxylation sites is 2. The Balaban J connectivity index is 1.23. The summed E-state index contributed by atoms with van der Waals surface area (Å²) in [6, 6.07) is 12.4. The van der Waals surface area contributed by atoms with E-state index in [4.69, 9.17) is 0 Å². The number of carbonyl (C=O) groups excluding carboxylic acids is 2. The lowest BCUT2D eigenvalue weighted by atomic mass is 9.96. The Morgan fingerprint density at radius 2 is 1.72 bits per heavy atom. The second-order valence-electron chi connectivity index (χ2n) is 8.62. The number of aryl methyl sites for hydroxylation is 1. The van der Waals surface area contributed by atoms with Crippen LogP contribution < -0.4 is 5.32 Å². The number of benzene rings is 2. The van der Waals surface area contributed by atoms with Gasteiger partial charge in [0, 0.05) is 31.4 Å². The molecule has 11 heteroatoms. The maximum absolute atomic E-state index is 13.3. The van der Waals surface area contributed by atoms with Crippen molar-refractivity contribution in [3.05, 3.63) is 75.7 Å². The predicted octanol–water partition coefficient (Wildman–Crippen LogP) is 5.32. The zero-order valence-electron chi connectivity index (χ0n) is 19.2. The number of nitrogens with one attached hydrogen (secondary N) is 1. The van der Waals surface area contributed by atoms with E-state index in [1.165, 1.54) is 34.4 Å². The molecule has 1 saturated heterocycles. The Morgan fingerprint density at radius 3 is 2.44 bits per heavy atom. The van der Waals surface area contributed by atoms with Gasteiger partial charge in [-0.05, 0) is 37.1 Å². The first-order valence-electron chi connectivity index (χ1n) is 11.4. The number of halogens is 3. The second-order valence-corrected chi connectivity index (χ2v) is 9.51. The summed E-state index contributed by atoms with van der Waals surface area (Å²) in [7, 11) is 1.82. The van der Waals surface area contributed by atoms with Crippen molar-refractivity contribution in [2.24, 2.45) is 7.05 Å². The van der Waals surface area contributed by atoms with Crippen LogP contribution in [-0.2, 0) is 13.2 Å². The van der Waals surface area contributed by atoms with E-state index in [-0.39, 0.29) is 23.1 Å². The third-order valence-corrected chi connectivity index (χ3v) is 7.37. The summed E-state index contributed by atoms with van der Waals surface area (Å²) in [5, 5.41) is 5.26. The van der Waals surface area contributed by atoms with Crippen LogP contribution in [0.1, 0.15) is 50.2 Å². The first-order valence-corrected chi connectivity index (χ1v) is 12.2. The third kappa shape index (κ3) is 4.58. The standard InChI is InChI=1S/C25H22F3N5O2S/c1-32-20-9-5-4-8-18(20)30-24(32)31-21(34)19-14-36-22(29-19)15-10-12-33(13-11-15)23(35)16-6-2-3-7-17(16)25(26,27)28/h2-9,14-15H,10-13H2,1H3,(H,30,31,34). The molecule has 0 aliphatic carbocycles. The number of alkyl halides is 3. The zero-order chi connectivity index (χ0) is 25.4. The molecule has 2 amide bonds. The van der Waals surface area contributed by atoms with Crippen molar-refractivity contribution in [1.29, 1.82) is 0 Å². The van der Waals surface area contributed by atoms with Gasteiger partial charge in [-0.1, -0.05) is 24.3 Å². The number of amides is 2. The van der Waals surface area contributed by atoms with Crippen molar-refractivity contribution >= 4 is 40.1 Å². The van der Waals surface area contributed by atoms with E-state index in [1.807, 2.05) is 31.3 Å². The summed E-state index contributed by atoms with van der Waals surface area (Å²) in [6.45, 7) is 0.632. The molecule has 1 aliphatic heterocycles. The summed E-state index contributed by atoms with van der Waals surface area (Å²) < 4.78 is 41.8. The lowest BCUT2D eigenvalue weighted by Gasteiger charge is -2.31. The van der Waals surface area contributed by atoms with Gasteiger partial charge in [0.2, 0.25) is 5.95 Å². The highest BCUT2D eigenvalue weighted by molar-refractivity contribution is 7.10.